The van der Waals surface area contributed by atoms with Crippen LogP contribution in [-0.4, -0.2) is 12.7 Å². The van der Waals surface area contributed by atoms with Gasteiger partial charge in [0.25, 0.3) is 0 Å². The summed E-state index contributed by atoms with van der Waals surface area (Å²) in [5, 5.41) is 0. The molecule has 1 fully saturated rings. The molecular weight excluding hydrogens is 136 g/mol. The van der Waals surface area contributed by atoms with Gasteiger partial charge in [0.15, 0.2) is 0 Å². The second kappa shape index (κ2) is 2.67. The highest BCUT2D eigenvalue weighted by Crippen LogP contribution is 2.16. The molecule has 0 bridgehead atoms. The van der Waals surface area contributed by atoms with Crippen molar-refractivity contribution < 1.29 is 4.74 Å². The number of ether oxygens (including phenoxy) is 1. The van der Waals surface area contributed by atoms with Gasteiger partial charge in [0.05, 0.1) is 12.7 Å². The van der Waals surface area contributed by atoms with Gasteiger partial charge in [-0.05, 0) is 12.5 Å². The van der Waals surface area contributed by atoms with Crippen LogP contribution in [0.25, 0.3) is 0 Å². The van der Waals surface area contributed by atoms with Crippen molar-refractivity contribution >= 4 is 0 Å². The normalized spacial score (nSPS) is 21.7. The van der Waals surface area contributed by atoms with E-state index >= 15 is 0 Å². The first-order chi connectivity index (χ1) is 5.34. The maximum Gasteiger partial charge on any atom is 0.0850 e. The van der Waals surface area contributed by atoms with E-state index in [1.807, 2.05) is 0 Å². The molecule has 1 aromatic carbocycles. The lowest BCUT2D eigenvalue weighted by molar-refractivity contribution is 0.407. The summed E-state index contributed by atoms with van der Waals surface area (Å²) in [5.41, 5.74) is 2.71. The Morgan fingerprint density at radius 2 is 2.00 bits per heavy atom. The van der Waals surface area contributed by atoms with Crippen LogP contribution < -0.4 is 0 Å². The predicted octanol–water partition coefficient (Wildman–Crippen LogP) is 1.94. The van der Waals surface area contributed by atoms with Crippen molar-refractivity contribution in [3.8, 4) is 0 Å². The average molecular weight is 148 g/mol. The third kappa shape index (κ3) is 1.81. The van der Waals surface area contributed by atoms with Crippen molar-refractivity contribution in [2.45, 2.75) is 19.4 Å². The number of hydrogen-bond acceptors (Lipinski definition) is 1. The second-order valence-corrected chi connectivity index (χ2v) is 3.15. The fourth-order valence-corrected chi connectivity index (χ4v) is 1.17. The number of hydrogen-bond donors (Lipinski definition) is 0. The van der Waals surface area contributed by atoms with E-state index in [2.05, 4.69) is 31.2 Å². The van der Waals surface area contributed by atoms with Crippen LogP contribution >= 0.6 is 0 Å². The molecule has 0 aliphatic carbocycles. The van der Waals surface area contributed by atoms with Crippen LogP contribution in [0.2, 0.25) is 0 Å². The minimum atomic E-state index is 0.512. The monoisotopic (exact) mass is 148 g/mol. The summed E-state index contributed by atoms with van der Waals surface area (Å²) in [7, 11) is 0. The van der Waals surface area contributed by atoms with Crippen molar-refractivity contribution in [1.29, 1.82) is 0 Å². The van der Waals surface area contributed by atoms with Crippen molar-refractivity contribution in [2.75, 3.05) is 6.61 Å². The van der Waals surface area contributed by atoms with E-state index in [0.717, 1.165) is 13.0 Å². The highest BCUT2D eigenvalue weighted by molar-refractivity contribution is 5.22. The summed E-state index contributed by atoms with van der Waals surface area (Å²) in [4.78, 5) is 0. The Kier molecular flexibility index (Phi) is 1.66. The standard InChI is InChI=1S/C10H12O/c1-8-2-4-9(5-3-8)6-10-7-11-10/h2-5,10H,6-7H2,1H3. The van der Waals surface area contributed by atoms with E-state index in [4.69, 9.17) is 4.74 Å². The molecule has 0 saturated carbocycles. The van der Waals surface area contributed by atoms with Gasteiger partial charge in [-0.1, -0.05) is 29.8 Å². The minimum absolute atomic E-state index is 0.512. The highest BCUT2D eigenvalue weighted by atomic mass is 16.6. The molecule has 1 heterocycles. The molecule has 1 aliphatic rings. The van der Waals surface area contributed by atoms with Gasteiger partial charge in [-0.3, -0.25) is 0 Å². The minimum Gasteiger partial charge on any atom is -0.373 e. The van der Waals surface area contributed by atoms with Crippen molar-refractivity contribution in [1.82, 2.24) is 0 Å². The Bertz CT molecular complexity index is 234. The Labute approximate surface area is 67.0 Å². The van der Waals surface area contributed by atoms with Gasteiger partial charge in [0.1, 0.15) is 0 Å². The van der Waals surface area contributed by atoms with E-state index in [1.165, 1.54) is 11.1 Å². The largest absolute Gasteiger partial charge is 0.373 e. The molecule has 0 radical (unpaired) electrons. The molecule has 0 amide bonds. The summed E-state index contributed by atoms with van der Waals surface area (Å²) < 4.78 is 5.14. The summed E-state index contributed by atoms with van der Waals surface area (Å²) in [5.74, 6) is 0. The van der Waals surface area contributed by atoms with Crippen LogP contribution in [0.5, 0.6) is 0 Å². The highest BCUT2D eigenvalue weighted by Gasteiger charge is 2.22. The zero-order chi connectivity index (χ0) is 7.68. The van der Waals surface area contributed by atoms with Crippen LogP contribution in [0.1, 0.15) is 11.1 Å². The third-order valence-corrected chi connectivity index (χ3v) is 1.99. The number of rotatable bonds is 2. The van der Waals surface area contributed by atoms with E-state index < -0.39 is 0 Å². The molecule has 58 valence electrons. The van der Waals surface area contributed by atoms with Gasteiger partial charge < -0.3 is 4.74 Å². The Balaban J connectivity index is 2.06. The van der Waals surface area contributed by atoms with Crippen LogP contribution in [0, 0.1) is 6.92 Å². The van der Waals surface area contributed by atoms with E-state index in [9.17, 15) is 0 Å². The van der Waals surface area contributed by atoms with Crippen molar-refractivity contribution in [2.24, 2.45) is 0 Å². The molecular formula is C10H12O. The molecule has 1 heteroatoms. The van der Waals surface area contributed by atoms with E-state index in [-0.39, 0.29) is 0 Å². The van der Waals surface area contributed by atoms with Gasteiger partial charge in [-0.15, -0.1) is 0 Å². The predicted molar refractivity (Wildman–Crippen MR) is 44.6 cm³/mol. The number of benzene rings is 1. The molecule has 1 nitrogen and oxygen atoms in total. The third-order valence-electron chi connectivity index (χ3n) is 1.99. The molecule has 11 heavy (non-hydrogen) atoms. The first-order valence-electron chi connectivity index (χ1n) is 4.02. The molecule has 0 N–H and O–H groups in total. The van der Waals surface area contributed by atoms with Crippen LogP contribution in [0.4, 0.5) is 0 Å². The maximum atomic E-state index is 5.14. The molecule has 1 aromatic rings. The zero-order valence-electron chi connectivity index (χ0n) is 6.71. The summed E-state index contributed by atoms with van der Waals surface area (Å²) in [6.07, 6.45) is 1.60. The lowest BCUT2D eigenvalue weighted by atomic mass is 10.1. The van der Waals surface area contributed by atoms with Gasteiger partial charge in [-0.25, -0.2) is 0 Å². The zero-order valence-corrected chi connectivity index (χ0v) is 6.71. The quantitative estimate of drug-likeness (QED) is 0.584. The lowest BCUT2D eigenvalue weighted by Crippen LogP contribution is -1.91. The summed E-state index contributed by atoms with van der Waals surface area (Å²) >= 11 is 0. The van der Waals surface area contributed by atoms with Crippen LogP contribution in [0.15, 0.2) is 24.3 Å². The van der Waals surface area contributed by atoms with E-state index in [0.29, 0.717) is 6.10 Å². The molecule has 0 aromatic heterocycles. The van der Waals surface area contributed by atoms with Crippen LogP contribution in [0.3, 0.4) is 0 Å². The average Bonchev–Trinajstić information content (AvgIpc) is 2.78. The SMILES string of the molecule is Cc1ccc(CC2CO2)cc1. The van der Waals surface area contributed by atoms with Crippen LogP contribution in [-0.2, 0) is 11.2 Å². The molecule has 2 rings (SSSR count). The molecule has 1 saturated heterocycles. The van der Waals surface area contributed by atoms with Gasteiger partial charge >= 0.3 is 0 Å². The summed E-state index contributed by atoms with van der Waals surface area (Å²) in [6.45, 7) is 3.06. The first-order valence-corrected chi connectivity index (χ1v) is 4.02. The van der Waals surface area contributed by atoms with Gasteiger partial charge in [0.2, 0.25) is 0 Å². The molecule has 1 unspecified atom stereocenters. The topological polar surface area (TPSA) is 12.5 Å². The van der Waals surface area contributed by atoms with E-state index in [1.54, 1.807) is 0 Å². The molecule has 0 spiro atoms. The molecule has 1 atom stereocenters. The number of aryl methyl sites for hydroxylation is 1. The fraction of sp³-hybridized carbons (Fsp3) is 0.400. The van der Waals surface area contributed by atoms with Crippen molar-refractivity contribution in [3.05, 3.63) is 35.4 Å². The first kappa shape index (κ1) is 6.86. The maximum absolute atomic E-state index is 5.14. The number of epoxide rings is 1. The lowest BCUT2D eigenvalue weighted by Gasteiger charge is -1.97. The Hall–Kier alpha value is -0.820. The summed E-state index contributed by atoms with van der Waals surface area (Å²) in [6, 6.07) is 8.66. The fourth-order valence-electron chi connectivity index (χ4n) is 1.17. The van der Waals surface area contributed by atoms with Gasteiger partial charge in [-0.2, -0.15) is 0 Å². The van der Waals surface area contributed by atoms with Crippen molar-refractivity contribution in [3.63, 3.8) is 0 Å². The van der Waals surface area contributed by atoms with Gasteiger partial charge in [0, 0.05) is 6.42 Å². The Morgan fingerprint density at radius 1 is 1.36 bits per heavy atom. The second-order valence-electron chi connectivity index (χ2n) is 3.15. The Morgan fingerprint density at radius 3 is 2.55 bits per heavy atom. The molecule has 1 aliphatic heterocycles. The smallest absolute Gasteiger partial charge is 0.0850 e.